The second-order valence-electron chi connectivity index (χ2n) is 7.32. The van der Waals surface area contributed by atoms with E-state index in [9.17, 15) is 19.2 Å². The number of esters is 2. The minimum Gasteiger partial charge on any atom is -0.462 e. The molecule has 0 N–H and O–H groups in total. The van der Waals surface area contributed by atoms with Crippen LogP contribution in [0, 0.1) is 6.92 Å². The molecule has 0 saturated heterocycles. The van der Waals surface area contributed by atoms with E-state index < -0.39 is 30.3 Å². The number of amides is 2. The number of hydrogen-bond acceptors (Lipinski definition) is 6. The smallest absolute Gasteiger partial charge is 0.340 e. The summed E-state index contributed by atoms with van der Waals surface area (Å²) in [6.45, 7) is 5.93. The summed E-state index contributed by atoms with van der Waals surface area (Å²) >= 11 is 0. The van der Waals surface area contributed by atoms with Gasteiger partial charge in [0.2, 0.25) is 0 Å². The minimum atomic E-state index is -0.761. The molecule has 2 aromatic carbocycles. The van der Waals surface area contributed by atoms with Crippen molar-refractivity contribution in [3.05, 3.63) is 64.8 Å². The first-order chi connectivity index (χ1) is 15.4. The molecule has 164 valence electrons. The van der Waals surface area contributed by atoms with E-state index >= 15 is 0 Å². The van der Waals surface area contributed by atoms with E-state index in [1.807, 2.05) is 18.4 Å². The van der Waals surface area contributed by atoms with Crippen molar-refractivity contribution in [2.24, 2.45) is 0 Å². The molecule has 4 rings (SSSR count). The fourth-order valence-corrected chi connectivity index (χ4v) is 4.07. The number of benzene rings is 2. The van der Waals surface area contributed by atoms with Crippen LogP contribution in [0.1, 0.15) is 50.6 Å². The van der Waals surface area contributed by atoms with Crippen LogP contribution < -0.4 is 4.74 Å². The summed E-state index contributed by atoms with van der Waals surface area (Å²) in [6.07, 6.45) is 0. The van der Waals surface area contributed by atoms with Gasteiger partial charge >= 0.3 is 11.9 Å². The summed E-state index contributed by atoms with van der Waals surface area (Å²) in [5.74, 6) is -2.06. The van der Waals surface area contributed by atoms with Gasteiger partial charge in [0, 0.05) is 23.1 Å². The van der Waals surface area contributed by atoms with Crippen molar-refractivity contribution in [1.29, 1.82) is 0 Å². The second-order valence-corrected chi connectivity index (χ2v) is 7.32. The lowest BCUT2D eigenvalue weighted by Crippen LogP contribution is -2.36. The number of aryl methyl sites for hydroxylation is 1. The molecule has 0 saturated carbocycles. The Kier molecular flexibility index (Phi) is 5.52. The zero-order chi connectivity index (χ0) is 23.0. The average molecular weight is 434 g/mol. The van der Waals surface area contributed by atoms with E-state index in [2.05, 4.69) is 0 Å². The number of rotatable bonds is 6. The molecule has 3 aromatic rings. The maximum atomic E-state index is 12.5. The predicted octanol–water partition coefficient (Wildman–Crippen LogP) is 3.35. The monoisotopic (exact) mass is 434 g/mol. The molecule has 0 unspecified atom stereocenters. The third-order valence-corrected chi connectivity index (χ3v) is 5.49. The third-order valence-electron chi connectivity index (χ3n) is 5.49. The highest BCUT2D eigenvalue weighted by molar-refractivity contribution is 6.22. The normalized spacial score (nSPS) is 12.9. The lowest BCUT2D eigenvalue weighted by atomic mass is 10.1. The Morgan fingerprint density at radius 1 is 0.969 bits per heavy atom. The van der Waals surface area contributed by atoms with Crippen molar-refractivity contribution in [1.82, 2.24) is 9.47 Å². The molecule has 2 heterocycles. The van der Waals surface area contributed by atoms with Crippen molar-refractivity contribution in [3.8, 4) is 5.75 Å². The van der Waals surface area contributed by atoms with Gasteiger partial charge in [-0.3, -0.25) is 14.5 Å². The van der Waals surface area contributed by atoms with Crippen molar-refractivity contribution in [2.75, 3.05) is 13.2 Å². The SMILES string of the molecule is CCOC(=O)c1c(C)n(CC)c2ccc(OC(=O)CN3C(=O)c4ccccc4C3=O)cc12. The lowest BCUT2D eigenvalue weighted by Gasteiger charge is -2.13. The molecule has 0 radical (unpaired) electrons. The summed E-state index contributed by atoms with van der Waals surface area (Å²) in [4.78, 5) is 50.9. The molecule has 1 aliphatic heterocycles. The Bertz CT molecular complexity index is 1240. The number of fused-ring (bicyclic) bond motifs is 2. The van der Waals surface area contributed by atoms with Crippen LogP contribution in [-0.4, -0.2) is 46.4 Å². The fraction of sp³-hybridized carbons (Fsp3) is 0.250. The van der Waals surface area contributed by atoms with Gasteiger partial charge < -0.3 is 14.0 Å². The molecule has 0 spiro atoms. The Hall–Kier alpha value is -3.94. The zero-order valence-corrected chi connectivity index (χ0v) is 18.0. The van der Waals surface area contributed by atoms with E-state index in [4.69, 9.17) is 9.47 Å². The molecule has 0 aliphatic carbocycles. The quantitative estimate of drug-likeness (QED) is 0.335. The summed E-state index contributed by atoms with van der Waals surface area (Å²) in [6, 6.07) is 11.4. The minimum absolute atomic E-state index is 0.206. The van der Waals surface area contributed by atoms with Crippen molar-refractivity contribution in [3.63, 3.8) is 0 Å². The Labute approximate surface area is 184 Å². The Morgan fingerprint density at radius 2 is 1.62 bits per heavy atom. The average Bonchev–Trinajstić information content (AvgIpc) is 3.19. The van der Waals surface area contributed by atoms with Gasteiger partial charge in [-0.2, -0.15) is 0 Å². The molecule has 32 heavy (non-hydrogen) atoms. The van der Waals surface area contributed by atoms with Crippen LogP contribution in [-0.2, 0) is 16.1 Å². The van der Waals surface area contributed by atoms with Crippen LogP contribution in [0.25, 0.3) is 10.9 Å². The first-order valence-electron chi connectivity index (χ1n) is 10.3. The van der Waals surface area contributed by atoms with Gasteiger partial charge in [0.15, 0.2) is 0 Å². The van der Waals surface area contributed by atoms with Crippen molar-refractivity contribution in [2.45, 2.75) is 27.3 Å². The highest BCUT2D eigenvalue weighted by Crippen LogP contribution is 2.30. The van der Waals surface area contributed by atoms with Crippen LogP contribution in [0.2, 0.25) is 0 Å². The van der Waals surface area contributed by atoms with Gasteiger partial charge in [0.05, 0.1) is 23.3 Å². The van der Waals surface area contributed by atoms with Gasteiger partial charge in [0.1, 0.15) is 12.3 Å². The Balaban J connectivity index is 1.59. The maximum absolute atomic E-state index is 12.5. The van der Waals surface area contributed by atoms with E-state index in [0.29, 0.717) is 17.5 Å². The second kappa shape index (κ2) is 8.30. The summed E-state index contributed by atoms with van der Waals surface area (Å²) in [5, 5.41) is 0.605. The van der Waals surface area contributed by atoms with Crippen LogP contribution in [0.3, 0.4) is 0 Å². The van der Waals surface area contributed by atoms with E-state index in [1.165, 1.54) is 0 Å². The van der Waals surface area contributed by atoms with E-state index in [-0.39, 0.29) is 23.5 Å². The molecule has 0 fully saturated rings. The highest BCUT2D eigenvalue weighted by atomic mass is 16.5. The van der Waals surface area contributed by atoms with Crippen molar-refractivity contribution >= 4 is 34.7 Å². The lowest BCUT2D eigenvalue weighted by molar-refractivity contribution is -0.134. The van der Waals surface area contributed by atoms with Gasteiger partial charge in [0.25, 0.3) is 11.8 Å². The molecule has 8 nitrogen and oxygen atoms in total. The number of hydrogen-bond donors (Lipinski definition) is 0. The predicted molar refractivity (Wildman–Crippen MR) is 116 cm³/mol. The molecule has 0 bridgehead atoms. The van der Waals surface area contributed by atoms with Gasteiger partial charge in [-0.15, -0.1) is 0 Å². The number of carbonyl (C=O) groups is 4. The first kappa shape index (κ1) is 21.3. The summed E-state index contributed by atoms with van der Waals surface area (Å²) in [5.41, 5.74) is 2.52. The van der Waals surface area contributed by atoms with Crippen LogP contribution in [0.5, 0.6) is 5.75 Å². The molecule has 1 aromatic heterocycles. The number of carbonyl (C=O) groups excluding carboxylic acids is 4. The molecular weight excluding hydrogens is 412 g/mol. The van der Waals surface area contributed by atoms with Crippen LogP contribution in [0.4, 0.5) is 0 Å². The van der Waals surface area contributed by atoms with Gasteiger partial charge in [-0.25, -0.2) is 9.59 Å². The topological polar surface area (TPSA) is 94.9 Å². The number of nitrogens with zero attached hydrogens (tertiary/aromatic N) is 2. The van der Waals surface area contributed by atoms with Crippen molar-refractivity contribution < 1.29 is 28.7 Å². The third kappa shape index (κ3) is 3.43. The van der Waals surface area contributed by atoms with Crippen LogP contribution in [0.15, 0.2) is 42.5 Å². The number of aromatic nitrogens is 1. The zero-order valence-electron chi connectivity index (χ0n) is 18.0. The summed E-state index contributed by atoms with van der Waals surface area (Å²) < 4.78 is 12.6. The molecule has 0 atom stereocenters. The first-order valence-corrected chi connectivity index (χ1v) is 10.3. The van der Waals surface area contributed by atoms with Gasteiger partial charge in [-0.05, 0) is 51.1 Å². The van der Waals surface area contributed by atoms with Crippen LogP contribution >= 0.6 is 0 Å². The molecule has 1 aliphatic rings. The Morgan fingerprint density at radius 3 is 2.22 bits per heavy atom. The number of imide groups is 1. The molecular formula is C24H22N2O6. The number of ether oxygens (including phenoxy) is 2. The van der Waals surface area contributed by atoms with E-state index in [0.717, 1.165) is 16.1 Å². The van der Waals surface area contributed by atoms with E-state index in [1.54, 1.807) is 49.4 Å². The molecule has 2 amide bonds. The standard InChI is InChI=1S/C24H22N2O6/c1-4-25-14(3)21(24(30)31-5-2)18-12-15(10-11-19(18)25)32-20(27)13-26-22(28)16-8-6-7-9-17(16)23(26)29/h6-12H,4-5,13H2,1-3H3. The maximum Gasteiger partial charge on any atom is 0.340 e. The fourth-order valence-electron chi connectivity index (χ4n) is 4.07. The molecule has 8 heteroatoms. The largest absolute Gasteiger partial charge is 0.462 e. The summed E-state index contributed by atoms with van der Waals surface area (Å²) in [7, 11) is 0. The highest BCUT2D eigenvalue weighted by Gasteiger charge is 2.36. The van der Waals surface area contributed by atoms with Gasteiger partial charge in [-0.1, -0.05) is 12.1 Å².